The topological polar surface area (TPSA) is 38.5 Å². The molecule has 0 bridgehead atoms. The number of nitrogens with zero attached hydrogens (tertiary/aromatic N) is 1. The van der Waals surface area contributed by atoms with Crippen molar-refractivity contribution in [2.75, 3.05) is 37.7 Å². The van der Waals surface area contributed by atoms with Crippen molar-refractivity contribution in [1.82, 2.24) is 4.90 Å². The summed E-state index contributed by atoms with van der Waals surface area (Å²) in [5.41, 5.74) is 6.28. The third-order valence-electron chi connectivity index (χ3n) is 3.07. The molecule has 18 heavy (non-hydrogen) atoms. The van der Waals surface area contributed by atoms with Crippen molar-refractivity contribution in [2.24, 2.45) is 0 Å². The fraction of sp³-hybridized carbons (Fsp3) is 0.538. The third kappa shape index (κ3) is 3.60. The molecule has 0 amide bonds. The van der Waals surface area contributed by atoms with Gasteiger partial charge in [-0.1, -0.05) is 6.92 Å². The summed E-state index contributed by atoms with van der Waals surface area (Å²) in [4.78, 5) is 3.30. The highest BCUT2D eigenvalue weighted by molar-refractivity contribution is 7.99. The SMILES string of the molecule is CCN1CCOC(CSc2ccc(F)cc2N)C1. The minimum Gasteiger partial charge on any atom is -0.398 e. The molecular weight excluding hydrogens is 251 g/mol. The third-order valence-corrected chi connectivity index (χ3v) is 4.29. The molecule has 3 nitrogen and oxygen atoms in total. The molecular formula is C13H19FN2OS. The molecule has 1 fully saturated rings. The van der Waals surface area contributed by atoms with Crippen molar-refractivity contribution >= 4 is 17.4 Å². The lowest BCUT2D eigenvalue weighted by Crippen LogP contribution is -2.43. The first-order valence-corrected chi connectivity index (χ1v) is 7.19. The number of rotatable bonds is 4. The maximum absolute atomic E-state index is 12.9. The van der Waals surface area contributed by atoms with Gasteiger partial charge in [-0.3, -0.25) is 4.90 Å². The highest BCUT2D eigenvalue weighted by Gasteiger charge is 2.19. The fourth-order valence-corrected chi connectivity index (χ4v) is 2.96. The van der Waals surface area contributed by atoms with Gasteiger partial charge in [0.05, 0.1) is 12.7 Å². The molecule has 1 aromatic carbocycles. The number of hydrogen-bond donors (Lipinski definition) is 1. The van der Waals surface area contributed by atoms with Gasteiger partial charge in [-0.05, 0) is 24.7 Å². The minimum atomic E-state index is -0.289. The van der Waals surface area contributed by atoms with Gasteiger partial charge in [-0.25, -0.2) is 4.39 Å². The van der Waals surface area contributed by atoms with Gasteiger partial charge in [0.2, 0.25) is 0 Å². The molecule has 1 heterocycles. The Morgan fingerprint density at radius 3 is 3.11 bits per heavy atom. The van der Waals surface area contributed by atoms with E-state index >= 15 is 0 Å². The van der Waals surface area contributed by atoms with Gasteiger partial charge in [0.1, 0.15) is 5.82 Å². The average Bonchev–Trinajstić information content (AvgIpc) is 2.38. The zero-order valence-corrected chi connectivity index (χ0v) is 11.4. The molecule has 1 aromatic rings. The van der Waals surface area contributed by atoms with Crippen molar-refractivity contribution < 1.29 is 9.13 Å². The number of likely N-dealkylation sites (N-methyl/N-ethyl adjacent to an activating group) is 1. The molecule has 0 spiro atoms. The second-order valence-electron chi connectivity index (χ2n) is 4.38. The first kappa shape index (κ1) is 13.6. The Balaban J connectivity index is 1.87. The number of morpholine rings is 1. The number of ether oxygens (including phenoxy) is 1. The number of benzene rings is 1. The first-order chi connectivity index (χ1) is 8.69. The monoisotopic (exact) mass is 270 g/mol. The van der Waals surface area contributed by atoms with Gasteiger partial charge in [0.15, 0.2) is 0 Å². The summed E-state index contributed by atoms with van der Waals surface area (Å²) < 4.78 is 18.6. The summed E-state index contributed by atoms with van der Waals surface area (Å²) in [6.45, 7) is 5.98. The lowest BCUT2D eigenvalue weighted by Gasteiger charge is -2.31. The van der Waals surface area contributed by atoms with Gasteiger partial charge in [-0.2, -0.15) is 0 Å². The Labute approximate surface area is 111 Å². The van der Waals surface area contributed by atoms with Gasteiger partial charge >= 0.3 is 0 Å². The largest absolute Gasteiger partial charge is 0.398 e. The van der Waals surface area contributed by atoms with Crippen LogP contribution in [0.5, 0.6) is 0 Å². The Hall–Kier alpha value is -0.780. The van der Waals surface area contributed by atoms with Crippen LogP contribution in [0.3, 0.4) is 0 Å². The molecule has 0 radical (unpaired) electrons. The van der Waals surface area contributed by atoms with E-state index in [2.05, 4.69) is 11.8 Å². The maximum atomic E-state index is 12.9. The molecule has 1 unspecified atom stereocenters. The van der Waals surface area contributed by atoms with E-state index < -0.39 is 0 Å². The highest BCUT2D eigenvalue weighted by atomic mass is 32.2. The molecule has 2 N–H and O–H groups in total. The van der Waals surface area contributed by atoms with Crippen LogP contribution in [0.2, 0.25) is 0 Å². The van der Waals surface area contributed by atoms with E-state index in [0.717, 1.165) is 36.9 Å². The summed E-state index contributed by atoms with van der Waals surface area (Å²) in [6.07, 6.45) is 0.230. The van der Waals surface area contributed by atoms with Crippen molar-refractivity contribution in [3.8, 4) is 0 Å². The Morgan fingerprint density at radius 1 is 1.56 bits per heavy atom. The van der Waals surface area contributed by atoms with E-state index in [1.54, 1.807) is 17.8 Å². The zero-order valence-electron chi connectivity index (χ0n) is 10.6. The smallest absolute Gasteiger partial charge is 0.125 e. The lowest BCUT2D eigenvalue weighted by atomic mass is 10.3. The van der Waals surface area contributed by atoms with E-state index in [1.807, 2.05) is 0 Å². The van der Waals surface area contributed by atoms with Crippen molar-refractivity contribution in [3.63, 3.8) is 0 Å². The standard InChI is InChI=1S/C13H19FN2OS/c1-2-16-5-6-17-11(8-16)9-18-13-4-3-10(14)7-12(13)15/h3-4,7,11H,2,5-6,8-9,15H2,1H3. The van der Waals surface area contributed by atoms with Crippen LogP contribution >= 0.6 is 11.8 Å². The Kier molecular flexibility index (Phi) is 4.86. The van der Waals surface area contributed by atoms with Crippen LogP contribution in [0.1, 0.15) is 6.92 Å². The molecule has 1 atom stereocenters. The first-order valence-electron chi connectivity index (χ1n) is 6.21. The second kappa shape index (κ2) is 6.41. The number of nitrogen functional groups attached to an aromatic ring is 1. The molecule has 0 saturated carbocycles. The minimum absolute atomic E-state index is 0.230. The predicted octanol–water partition coefficient (Wildman–Crippen LogP) is 2.22. The Bertz CT molecular complexity index is 403. The highest BCUT2D eigenvalue weighted by Crippen LogP contribution is 2.27. The summed E-state index contributed by atoms with van der Waals surface area (Å²) in [7, 11) is 0. The van der Waals surface area contributed by atoms with E-state index in [1.165, 1.54) is 12.1 Å². The van der Waals surface area contributed by atoms with Gasteiger partial charge in [0, 0.05) is 29.4 Å². The Morgan fingerprint density at radius 2 is 2.39 bits per heavy atom. The van der Waals surface area contributed by atoms with Gasteiger partial charge in [0.25, 0.3) is 0 Å². The van der Waals surface area contributed by atoms with Crippen LogP contribution < -0.4 is 5.73 Å². The molecule has 1 saturated heterocycles. The quantitative estimate of drug-likeness (QED) is 0.672. The fourth-order valence-electron chi connectivity index (χ4n) is 2.00. The van der Waals surface area contributed by atoms with Gasteiger partial charge in [-0.15, -0.1) is 11.8 Å². The van der Waals surface area contributed by atoms with Crippen molar-refractivity contribution in [3.05, 3.63) is 24.0 Å². The maximum Gasteiger partial charge on any atom is 0.125 e. The molecule has 0 aromatic heterocycles. The number of hydrogen-bond acceptors (Lipinski definition) is 4. The molecule has 2 rings (SSSR count). The normalized spacial score (nSPS) is 21.1. The van der Waals surface area contributed by atoms with Crippen LogP contribution in [0.4, 0.5) is 10.1 Å². The zero-order chi connectivity index (χ0) is 13.0. The molecule has 100 valence electrons. The summed E-state index contributed by atoms with van der Waals surface area (Å²) in [5, 5.41) is 0. The van der Waals surface area contributed by atoms with Crippen molar-refractivity contribution in [1.29, 1.82) is 0 Å². The molecule has 0 aliphatic carbocycles. The lowest BCUT2D eigenvalue weighted by molar-refractivity contribution is -0.0137. The molecule has 1 aliphatic rings. The average molecular weight is 270 g/mol. The number of halogens is 1. The van der Waals surface area contributed by atoms with E-state index in [9.17, 15) is 4.39 Å². The summed E-state index contributed by atoms with van der Waals surface area (Å²) >= 11 is 1.63. The van der Waals surface area contributed by atoms with E-state index in [0.29, 0.717) is 5.69 Å². The van der Waals surface area contributed by atoms with Crippen LogP contribution in [0.15, 0.2) is 23.1 Å². The number of nitrogens with two attached hydrogens (primary N) is 1. The van der Waals surface area contributed by atoms with Crippen LogP contribution in [-0.4, -0.2) is 43.0 Å². The van der Waals surface area contributed by atoms with E-state index in [-0.39, 0.29) is 11.9 Å². The molecule has 1 aliphatic heterocycles. The van der Waals surface area contributed by atoms with E-state index in [4.69, 9.17) is 10.5 Å². The predicted molar refractivity (Wildman–Crippen MR) is 73.4 cm³/mol. The van der Waals surface area contributed by atoms with Crippen LogP contribution in [0, 0.1) is 5.82 Å². The van der Waals surface area contributed by atoms with Crippen LogP contribution in [-0.2, 0) is 4.74 Å². The van der Waals surface area contributed by atoms with Crippen molar-refractivity contribution in [2.45, 2.75) is 17.9 Å². The summed E-state index contributed by atoms with van der Waals surface area (Å²) in [6, 6.07) is 4.54. The van der Waals surface area contributed by atoms with Crippen LogP contribution in [0.25, 0.3) is 0 Å². The number of anilines is 1. The second-order valence-corrected chi connectivity index (χ2v) is 5.44. The van der Waals surface area contributed by atoms with Gasteiger partial charge < -0.3 is 10.5 Å². The molecule has 5 heteroatoms. The summed E-state index contributed by atoms with van der Waals surface area (Å²) in [5.74, 6) is 0.565. The number of thioether (sulfide) groups is 1.